The minimum absolute atomic E-state index is 0.210. The zero-order valence-electron chi connectivity index (χ0n) is 12.2. The molecular formula is C18H21NO. The van der Waals surface area contributed by atoms with Crippen LogP contribution in [0.2, 0.25) is 0 Å². The summed E-state index contributed by atoms with van der Waals surface area (Å²) in [5.74, 6) is 0.210. The fourth-order valence-electron chi connectivity index (χ4n) is 2.15. The molecule has 0 spiro atoms. The van der Waals surface area contributed by atoms with Crippen molar-refractivity contribution in [3.05, 3.63) is 71.3 Å². The second kappa shape index (κ2) is 7.01. The topological polar surface area (TPSA) is 20.3 Å². The van der Waals surface area contributed by atoms with Gasteiger partial charge >= 0.3 is 0 Å². The van der Waals surface area contributed by atoms with E-state index in [9.17, 15) is 4.79 Å². The number of carbonyl (C=O) groups excluding carboxylic acids is 1. The number of carbonyl (C=O) groups is 1. The first kappa shape index (κ1) is 14.5. The summed E-state index contributed by atoms with van der Waals surface area (Å²) in [4.78, 5) is 14.2. The summed E-state index contributed by atoms with van der Waals surface area (Å²) in [6.45, 7) is 3.75. The minimum atomic E-state index is 0.210. The van der Waals surface area contributed by atoms with Crippen molar-refractivity contribution in [1.29, 1.82) is 0 Å². The van der Waals surface area contributed by atoms with Crippen LogP contribution >= 0.6 is 0 Å². The van der Waals surface area contributed by atoms with Gasteiger partial charge in [-0.1, -0.05) is 60.2 Å². The third kappa shape index (κ3) is 4.32. The first-order chi connectivity index (χ1) is 9.65. The Morgan fingerprint density at radius 2 is 1.65 bits per heavy atom. The molecule has 2 aromatic carbocycles. The highest BCUT2D eigenvalue weighted by molar-refractivity contribution is 5.96. The van der Waals surface area contributed by atoms with Crippen LogP contribution in [0.1, 0.15) is 27.9 Å². The third-order valence-corrected chi connectivity index (χ3v) is 3.39. The van der Waals surface area contributed by atoms with Crippen LogP contribution in [0.25, 0.3) is 0 Å². The van der Waals surface area contributed by atoms with Gasteiger partial charge in [-0.3, -0.25) is 4.79 Å². The molecule has 0 unspecified atom stereocenters. The second-order valence-corrected chi connectivity index (χ2v) is 5.26. The van der Waals surface area contributed by atoms with Gasteiger partial charge in [-0.2, -0.15) is 0 Å². The number of Topliss-reactive ketones (excluding diaryl/α,β-unsaturated/α-hetero) is 1. The van der Waals surface area contributed by atoms with Crippen molar-refractivity contribution in [1.82, 2.24) is 4.90 Å². The van der Waals surface area contributed by atoms with Crippen molar-refractivity contribution in [2.45, 2.75) is 19.9 Å². The standard InChI is InChI=1S/C18H21NO/c1-15-8-10-16(11-9-15)14-19(2)13-12-18(20)17-6-4-3-5-7-17/h3-11H,12-14H2,1-2H3. The number of hydrogen-bond donors (Lipinski definition) is 0. The van der Waals surface area contributed by atoms with Gasteiger partial charge in [0.25, 0.3) is 0 Å². The summed E-state index contributed by atoms with van der Waals surface area (Å²) in [5, 5.41) is 0. The van der Waals surface area contributed by atoms with Gasteiger partial charge < -0.3 is 4.90 Å². The largest absolute Gasteiger partial charge is 0.302 e. The van der Waals surface area contributed by atoms with Crippen LogP contribution in [0.4, 0.5) is 0 Å². The summed E-state index contributed by atoms with van der Waals surface area (Å²) in [6.07, 6.45) is 0.562. The Morgan fingerprint density at radius 1 is 1.00 bits per heavy atom. The van der Waals surface area contributed by atoms with Crippen molar-refractivity contribution >= 4 is 5.78 Å². The average molecular weight is 267 g/mol. The Bertz CT molecular complexity index is 545. The normalized spacial score (nSPS) is 10.8. The van der Waals surface area contributed by atoms with Crippen LogP contribution in [0.15, 0.2) is 54.6 Å². The molecule has 0 N–H and O–H groups in total. The molecule has 0 aliphatic carbocycles. The van der Waals surface area contributed by atoms with Gasteiger partial charge in [0.2, 0.25) is 0 Å². The number of nitrogens with zero attached hydrogens (tertiary/aromatic N) is 1. The molecule has 0 aliphatic rings. The number of benzene rings is 2. The minimum Gasteiger partial charge on any atom is -0.302 e. The maximum atomic E-state index is 12.0. The molecule has 0 aliphatic heterocycles. The SMILES string of the molecule is Cc1ccc(CN(C)CCC(=O)c2ccccc2)cc1. The lowest BCUT2D eigenvalue weighted by Crippen LogP contribution is -2.21. The molecule has 0 heterocycles. The molecule has 2 heteroatoms. The molecule has 2 rings (SSSR count). The molecule has 20 heavy (non-hydrogen) atoms. The van der Waals surface area contributed by atoms with Crippen LogP contribution in [-0.2, 0) is 6.54 Å². The summed E-state index contributed by atoms with van der Waals surface area (Å²) in [6, 6.07) is 18.0. The Balaban J connectivity index is 1.82. The molecule has 2 aromatic rings. The number of rotatable bonds is 6. The van der Waals surface area contributed by atoms with E-state index in [1.165, 1.54) is 11.1 Å². The summed E-state index contributed by atoms with van der Waals surface area (Å²) in [5.41, 5.74) is 3.36. The lowest BCUT2D eigenvalue weighted by Gasteiger charge is -2.16. The third-order valence-electron chi connectivity index (χ3n) is 3.39. The molecule has 0 saturated heterocycles. The molecule has 2 nitrogen and oxygen atoms in total. The first-order valence-electron chi connectivity index (χ1n) is 6.97. The molecule has 0 aromatic heterocycles. The van der Waals surface area contributed by atoms with Gasteiger partial charge in [0, 0.05) is 25.1 Å². The van der Waals surface area contributed by atoms with Crippen molar-refractivity contribution in [3.8, 4) is 0 Å². The number of aryl methyl sites for hydroxylation is 1. The average Bonchev–Trinajstić information content (AvgIpc) is 2.48. The van der Waals surface area contributed by atoms with Gasteiger partial charge in [0.05, 0.1) is 0 Å². The van der Waals surface area contributed by atoms with Crippen molar-refractivity contribution < 1.29 is 4.79 Å². The van der Waals surface area contributed by atoms with Gasteiger partial charge in [-0.25, -0.2) is 0 Å². The van der Waals surface area contributed by atoms with Gasteiger partial charge in [0.15, 0.2) is 5.78 Å². The van der Waals surface area contributed by atoms with E-state index in [-0.39, 0.29) is 5.78 Å². The zero-order chi connectivity index (χ0) is 14.4. The van der Waals surface area contributed by atoms with Crippen molar-refractivity contribution in [3.63, 3.8) is 0 Å². The highest BCUT2D eigenvalue weighted by atomic mass is 16.1. The van der Waals surface area contributed by atoms with E-state index in [0.29, 0.717) is 6.42 Å². The van der Waals surface area contributed by atoms with Crippen LogP contribution in [0, 0.1) is 6.92 Å². The Hall–Kier alpha value is -1.93. The monoisotopic (exact) mass is 267 g/mol. The van der Waals surface area contributed by atoms with Gasteiger partial charge in [0.1, 0.15) is 0 Å². The molecule has 0 saturated carbocycles. The maximum absolute atomic E-state index is 12.0. The lowest BCUT2D eigenvalue weighted by molar-refractivity contribution is 0.0968. The summed E-state index contributed by atoms with van der Waals surface area (Å²) < 4.78 is 0. The Kier molecular flexibility index (Phi) is 5.08. The number of ketones is 1. The van der Waals surface area contributed by atoms with Crippen LogP contribution in [0.5, 0.6) is 0 Å². The predicted molar refractivity (Wildman–Crippen MR) is 82.9 cm³/mol. The highest BCUT2D eigenvalue weighted by Crippen LogP contribution is 2.08. The van der Waals surface area contributed by atoms with Crippen LogP contribution < -0.4 is 0 Å². The van der Waals surface area contributed by atoms with Crippen molar-refractivity contribution in [2.24, 2.45) is 0 Å². The summed E-state index contributed by atoms with van der Waals surface area (Å²) in [7, 11) is 2.05. The van der Waals surface area contributed by atoms with E-state index in [1.54, 1.807) is 0 Å². The van der Waals surface area contributed by atoms with E-state index >= 15 is 0 Å². The highest BCUT2D eigenvalue weighted by Gasteiger charge is 2.07. The van der Waals surface area contributed by atoms with E-state index in [4.69, 9.17) is 0 Å². The van der Waals surface area contributed by atoms with E-state index in [2.05, 4.69) is 43.1 Å². The predicted octanol–water partition coefficient (Wildman–Crippen LogP) is 3.70. The smallest absolute Gasteiger partial charge is 0.164 e. The first-order valence-corrected chi connectivity index (χ1v) is 6.97. The number of hydrogen-bond acceptors (Lipinski definition) is 2. The van der Waals surface area contributed by atoms with E-state index in [1.807, 2.05) is 30.3 Å². The van der Waals surface area contributed by atoms with Crippen molar-refractivity contribution in [2.75, 3.05) is 13.6 Å². The Labute approximate surface area is 121 Å². The molecular weight excluding hydrogens is 246 g/mol. The lowest BCUT2D eigenvalue weighted by atomic mass is 10.1. The quantitative estimate of drug-likeness (QED) is 0.744. The Morgan fingerprint density at radius 3 is 2.30 bits per heavy atom. The van der Waals surface area contributed by atoms with E-state index in [0.717, 1.165) is 18.7 Å². The zero-order valence-corrected chi connectivity index (χ0v) is 12.2. The molecule has 0 amide bonds. The molecule has 0 radical (unpaired) electrons. The van der Waals surface area contributed by atoms with E-state index < -0.39 is 0 Å². The van der Waals surface area contributed by atoms with Gasteiger partial charge in [-0.15, -0.1) is 0 Å². The fourth-order valence-corrected chi connectivity index (χ4v) is 2.15. The van der Waals surface area contributed by atoms with Crippen LogP contribution in [0.3, 0.4) is 0 Å². The maximum Gasteiger partial charge on any atom is 0.164 e. The summed E-state index contributed by atoms with van der Waals surface area (Å²) >= 11 is 0. The molecule has 0 atom stereocenters. The fraction of sp³-hybridized carbons (Fsp3) is 0.278. The molecule has 0 fully saturated rings. The van der Waals surface area contributed by atoms with Gasteiger partial charge in [-0.05, 0) is 19.5 Å². The second-order valence-electron chi connectivity index (χ2n) is 5.26. The molecule has 104 valence electrons. The van der Waals surface area contributed by atoms with Crippen LogP contribution in [-0.4, -0.2) is 24.3 Å². The molecule has 0 bridgehead atoms.